The molecule has 0 aromatic carbocycles. The molecule has 1 N–H and O–H groups in total. The molecule has 1 amide bonds. The predicted molar refractivity (Wildman–Crippen MR) is 81.1 cm³/mol. The number of carbonyl (C=O) groups is 1. The van der Waals surface area contributed by atoms with E-state index < -0.39 is 0 Å². The Hall–Kier alpha value is -2.11. The van der Waals surface area contributed by atoms with Crippen molar-refractivity contribution in [2.45, 2.75) is 52.1 Å². The van der Waals surface area contributed by atoms with Crippen molar-refractivity contribution in [3.63, 3.8) is 0 Å². The van der Waals surface area contributed by atoms with Gasteiger partial charge in [0, 0.05) is 36.7 Å². The summed E-state index contributed by atoms with van der Waals surface area (Å²) in [5, 5.41) is 2.92. The van der Waals surface area contributed by atoms with Gasteiger partial charge in [0.2, 0.25) is 11.8 Å². The first kappa shape index (κ1) is 14.8. The van der Waals surface area contributed by atoms with Crippen LogP contribution in [0.25, 0.3) is 0 Å². The van der Waals surface area contributed by atoms with E-state index in [1.54, 1.807) is 12.5 Å². The number of rotatable bonds is 3. The molecule has 3 rings (SSSR count). The summed E-state index contributed by atoms with van der Waals surface area (Å²) in [6.07, 6.45) is 6.95. The highest BCUT2D eigenvalue weighted by Gasteiger charge is 2.25. The normalized spacial score (nSPS) is 18.0. The number of nitrogens with zero attached hydrogens (tertiary/aromatic N) is 3. The molecule has 6 heteroatoms. The van der Waals surface area contributed by atoms with Crippen molar-refractivity contribution in [2.75, 3.05) is 0 Å². The van der Waals surface area contributed by atoms with Crippen LogP contribution in [0.3, 0.4) is 0 Å². The lowest BCUT2D eigenvalue weighted by molar-refractivity contribution is -0.125. The lowest BCUT2D eigenvalue weighted by Gasteiger charge is -2.22. The maximum Gasteiger partial charge on any atom is 0.224 e. The van der Waals surface area contributed by atoms with E-state index in [1.807, 2.05) is 6.20 Å². The van der Waals surface area contributed by atoms with E-state index in [0.29, 0.717) is 18.9 Å². The second-order valence-corrected chi connectivity index (χ2v) is 6.82. The van der Waals surface area contributed by atoms with E-state index >= 15 is 0 Å². The SMILES string of the molecule is CC(C)(C)c1coc(CNC(=O)C2CCn3ccnc3C2)n1. The number of carbonyl (C=O) groups excluding carboxylic acids is 1. The molecule has 118 valence electrons. The highest BCUT2D eigenvalue weighted by molar-refractivity contribution is 5.78. The monoisotopic (exact) mass is 302 g/mol. The molecule has 0 fully saturated rings. The smallest absolute Gasteiger partial charge is 0.224 e. The van der Waals surface area contributed by atoms with Gasteiger partial charge in [0.15, 0.2) is 0 Å². The molecule has 2 aromatic heterocycles. The summed E-state index contributed by atoms with van der Waals surface area (Å²) in [4.78, 5) is 21.0. The van der Waals surface area contributed by atoms with Gasteiger partial charge in [-0.1, -0.05) is 20.8 Å². The van der Waals surface area contributed by atoms with Crippen molar-refractivity contribution in [2.24, 2.45) is 5.92 Å². The molecule has 0 aliphatic carbocycles. The first-order valence-electron chi connectivity index (χ1n) is 7.66. The Balaban J connectivity index is 1.56. The van der Waals surface area contributed by atoms with E-state index in [9.17, 15) is 4.79 Å². The third-order valence-electron chi connectivity index (χ3n) is 4.05. The number of aryl methyl sites for hydroxylation is 1. The Morgan fingerprint density at radius 3 is 3.05 bits per heavy atom. The van der Waals surface area contributed by atoms with Gasteiger partial charge >= 0.3 is 0 Å². The largest absolute Gasteiger partial charge is 0.447 e. The molecule has 0 saturated heterocycles. The van der Waals surface area contributed by atoms with Crippen molar-refractivity contribution in [3.8, 4) is 0 Å². The quantitative estimate of drug-likeness (QED) is 0.941. The van der Waals surface area contributed by atoms with E-state index in [1.165, 1.54) is 0 Å². The molecular weight excluding hydrogens is 280 g/mol. The summed E-state index contributed by atoms with van der Waals surface area (Å²) >= 11 is 0. The Bertz CT molecular complexity index is 666. The van der Waals surface area contributed by atoms with Crippen LogP contribution < -0.4 is 5.32 Å². The molecule has 6 nitrogen and oxygen atoms in total. The second-order valence-electron chi connectivity index (χ2n) is 6.82. The van der Waals surface area contributed by atoms with E-state index in [2.05, 4.69) is 40.6 Å². The van der Waals surface area contributed by atoms with Crippen LogP contribution >= 0.6 is 0 Å². The number of nitrogens with one attached hydrogen (secondary N) is 1. The Morgan fingerprint density at radius 2 is 2.32 bits per heavy atom. The fourth-order valence-corrected chi connectivity index (χ4v) is 2.62. The molecule has 1 aliphatic heterocycles. The van der Waals surface area contributed by atoms with Crippen molar-refractivity contribution in [1.29, 1.82) is 0 Å². The first-order chi connectivity index (χ1) is 10.4. The molecule has 0 radical (unpaired) electrons. The van der Waals surface area contributed by atoms with Crippen LogP contribution in [0, 0.1) is 5.92 Å². The second kappa shape index (κ2) is 5.59. The lowest BCUT2D eigenvalue weighted by Crippen LogP contribution is -2.35. The zero-order valence-electron chi connectivity index (χ0n) is 13.3. The fourth-order valence-electron chi connectivity index (χ4n) is 2.62. The van der Waals surface area contributed by atoms with Gasteiger partial charge in [0.1, 0.15) is 12.1 Å². The number of hydrogen-bond donors (Lipinski definition) is 1. The topological polar surface area (TPSA) is 73.0 Å². The van der Waals surface area contributed by atoms with Gasteiger partial charge in [-0.05, 0) is 6.42 Å². The molecule has 1 unspecified atom stereocenters. The Morgan fingerprint density at radius 1 is 1.50 bits per heavy atom. The minimum Gasteiger partial charge on any atom is -0.447 e. The summed E-state index contributed by atoms with van der Waals surface area (Å²) < 4.78 is 7.54. The van der Waals surface area contributed by atoms with E-state index in [4.69, 9.17) is 4.42 Å². The summed E-state index contributed by atoms with van der Waals surface area (Å²) in [7, 11) is 0. The lowest BCUT2D eigenvalue weighted by atomic mass is 9.93. The molecule has 1 aliphatic rings. The number of imidazole rings is 1. The Labute approximate surface area is 129 Å². The standard InChI is InChI=1S/C16H22N4O2/c1-16(2,3)12-10-22-14(19-12)9-18-15(21)11-4-6-20-7-5-17-13(20)8-11/h5,7,10-11H,4,6,8-9H2,1-3H3,(H,18,21). The summed E-state index contributed by atoms with van der Waals surface area (Å²) in [6.45, 7) is 7.42. The molecule has 0 bridgehead atoms. The fraction of sp³-hybridized carbons (Fsp3) is 0.562. The minimum atomic E-state index is -0.0494. The highest BCUT2D eigenvalue weighted by Crippen LogP contribution is 2.22. The number of aromatic nitrogens is 3. The van der Waals surface area contributed by atoms with Gasteiger partial charge in [-0.25, -0.2) is 9.97 Å². The zero-order valence-corrected chi connectivity index (χ0v) is 13.3. The van der Waals surface area contributed by atoms with Gasteiger partial charge in [0.25, 0.3) is 0 Å². The molecule has 0 spiro atoms. The van der Waals surface area contributed by atoms with E-state index in [-0.39, 0.29) is 17.2 Å². The molecule has 3 heterocycles. The number of fused-ring (bicyclic) bond motifs is 1. The minimum absolute atomic E-state index is 0.0213. The van der Waals surface area contributed by atoms with Crippen molar-refractivity contribution < 1.29 is 9.21 Å². The van der Waals surface area contributed by atoms with Crippen LogP contribution in [0.15, 0.2) is 23.1 Å². The number of hydrogen-bond acceptors (Lipinski definition) is 4. The maximum absolute atomic E-state index is 12.3. The predicted octanol–water partition coefficient (Wildman–Crippen LogP) is 2.05. The van der Waals surface area contributed by atoms with Crippen LogP contribution in [0.1, 0.15) is 44.6 Å². The maximum atomic E-state index is 12.3. The zero-order chi connectivity index (χ0) is 15.7. The highest BCUT2D eigenvalue weighted by atomic mass is 16.3. The van der Waals surface area contributed by atoms with Crippen molar-refractivity contribution in [3.05, 3.63) is 36.1 Å². The van der Waals surface area contributed by atoms with Crippen LogP contribution in [-0.2, 0) is 29.7 Å². The average Bonchev–Trinajstić information content (AvgIpc) is 3.12. The first-order valence-corrected chi connectivity index (χ1v) is 7.66. The summed E-state index contributed by atoms with van der Waals surface area (Å²) in [5.74, 6) is 1.56. The van der Waals surface area contributed by atoms with Gasteiger partial charge in [0.05, 0.1) is 12.2 Å². The van der Waals surface area contributed by atoms with Crippen LogP contribution in [0.4, 0.5) is 0 Å². The van der Waals surface area contributed by atoms with Gasteiger partial charge < -0.3 is 14.3 Å². The average molecular weight is 302 g/mol. The van der Waals surface area contributed by atoms with Crippen molar-refractivity contribution in [1.82, 2.24) is 19.9 Å². The molecule has 1 atom stereocenters. The van der Waals surface area contributed by atoms with Crippen molar-refractivity contribution >= 4 is 5.91 Å². The van der Waals surface area contributed by atoms with E-state index in [0.717, 1.165) is 24.5 Å². The molecule has 0 saturated carbocycles. The molecule has 2 aromatic rings. The Kier molecular flexibility index (Phi) is 3.76. The third-order valence-corrected chi connectivity index (χ3v) is 4.05. The molecular formula is C16H22N4O2. The third kappa shape index (κ3) is 3.05. The van der Waals surface area contributed by atoms with Crippen LogP contribution in [-0.4, -0.2) is 20.4 Å². The van der Waals surface area contributed by atoms with Crippen LogP contribution in [0.2, 0.25) is 0 Å². The summed E-state index contributed by atoms with van der Waals surface area (Å²) in [5.41, 5.74) is 0.850. The number of amides is 1. The van der Waals surface area contributed by atoms with Crippen LogP contribution in [0.5, 0.6) is 0 Å². The summed E-state index contributed by atoms with van der Waals surface area (Å²) in [6, 6.07) is 0. The van der Waals surface area contributed by atoms with Gasteiger partial charge in [-0.2, -0.15) is 0 Å². The molecule has 22 heavy (non-hydrogen) atoms. The van der Waals surface area contributed by atoms with Gasteiger partial charge in [-0.15, -0.1) is 0 Å². The number of oxazole rings is 1. The van der Waals surface area contributed by atoms with Gasteiger partial charge in [-0.3, -0.25) is 4.79 Å².